The smallest absolute Gasteiger partial charge is 0.344 e. The Morgan fingerprint density at radius 3 is 1.91 bits per heavy atom. The fraction of sp³-hybridized carbons (Fsp3) is 0.286. The highest BCUT2D eigenvalue weighted by Crippen LogP contribution is 2.21. The number of carboxylic acid groups (broad SMARTS) is 1. The van der Waals surface area contributed by atoms with Gasteiger partial charge in [0.2, 0.25) is 0 Å². The standard InChI is InChI=1S/C16H17N3O5.C12H11NO5.ClH/c1-16(2,3)24-15(21)9-22-10-4-5-14-12(6-10)13(20)7-11(23-14)8-18-19-17;13-5-8-4-10(14)9-3-7(17-6-12(15)16)1-2-11(9)18-8;/h4-7H,8-9H2,1-3H3;1-4H,5-6,13H2,(H,15,16);1H. The number of carbonyl (C=O) groups excluding carboxylic acids is 1. The van der Waals surface area contributed by atoms with Crippen molar-refractivity contribution in [1.82, 2.24) is 0 Å². The van der Waals surface area contributed by atoms with Crippen molar-refractivity contribution in [3.63, 3.8) is 0 Å². The van der Waals surface area contributed by atoms with Crippen LogP contribution in [0.1, 0.15) is 32.3 Å². The first kappa shape index (κ1) is 34.2. The second-order valence-electron chi connectivity index (χ2n) is 9.62. The quantitative estimate of drug-likeness (QED) is 0.116. The number of benzene rings is 2. The summed E-state index contributed by atoms with van der Waals surface area (Å²) in [4.78, 5) is 48.5. The minimum Gasteiger partial charge on any atom is -0.482 e. The van der Waals surface area contributed by atoms with E-state index < -0.39 is 24.1 Å². The molecule has 4 rings (SSSR count). The first-order valence-corrected chi connectivity index (χ1v) is 12.4. The Kier molecular flexibility index (Phi) is 12.1. The maximum absolute atomic E-state index is 12.1. The summed E-state index contributed by atoms with van der Waals surface area (Å²) >= 11 is 0. The first-order valence-electron chi connectivity index (χ1n) is 12.4. The van der Waals surface area contributed by atoms with Crippen molar-refractivity contribution in [2.45, 2.75) is 39.5 Å². The summed E-state index contributed by atoms with van der Waals surface area (Å²) in [5.41, 5.74) is 13.3. The van der Waals surface area contributed by atoms with Crippen molar-refractivity contribution < 1.29 is 37.7 Å². The molecule has 0 spiro atoms. The molecule has 0 aliphatic rings. The number of azide groups is 1. The number of carbonyl (C=O) groups is 2. The van der Waals surface area contributed by atoms with Crippen molar-refractivity contribution >= 4 is 46.3 Å². The number of rotatable bonds is 9. The average Bonchev–Trinajstić information content (AvgIpc) is 2.93. The molecule has 0 saturated heterocycles. The number of hydrogen-bond donors (Lipinski definition) is 2. The largest absolute Gasteiger partial charge is 0.482 e. The van der Waals surface area contributed by atoms with E-state index in [9.17, 15) is 19.2 Å². The lowest BCUT2D eigenvalue weighted by Crippen LogP contribution is -2.27. The van der Waals surface area contributed by atoms with Crippen LogP contribution in [0, 0.1) is 0 Å². The molecule has 2 aromatic heterocycles. The van der Waals surface area contributed by atoms with Gasteiger partial charge in [-0.15, -0.1) is 12.4 Å². The van der Waals surface area contributed by atoms with Gasteiger partial charge in [0.1, 0.15) is 39.8 Å². The van der Waals surface area contributed by atoms with Crippen LogP contribution in [0.4, 0.5) is 0 Å². The van der Waals surface area contributed by atoms with Gasteiger partial charge >= 0.3 is 11.9 Å². The third-order valence-electron chi connectivity index (χ3n) is 5.13. The molecule has 0 unspecified atom stereocenters. The van der Waals surface area contributed by atoms with E-state index in [1.54, 1.807) is 39.0 Å². The lowest BCUT2D eigenvalue weighted by Gasteiger charge is -2.19. The van der Waals surface area contributed by atoms with Gasteiger partial charge < -0.3 is 33.9 Å². The van der Waals surface area contributed by atoms with Crippen molar-refractivity contribution in [2.75, 3.05) is 13.2 Å². The van der Waals surface area contributed by atoms with Crippen LogP contribution in [0.2, 0.25) is 0 Å². The van der Waals surface area contributed by atoms with Crippen LogP contribution < -0.4 is 26.1 Å². The number of esters is 1. The molecule has 0 saturated carbocycles. The number of ether oxygens (including phenoxy) is 3. The molecule has 0 fully saturated rings. The summed E-state index contributed by atoms with van der Waals surface area (Å²) in [6.45, 7) is 4.67. The van der Waals surface area contributed by atoms with Gasteiger partial charge in [-0.05, 0) is 62.7 Å². The Morgan fingerprint density at radius 2 is 1.42 bits per heavy atom. The second-order valence-corrected chi connectivity index (χ2v) is 9.62. The molecule has 0 amide bonds. The Bertz CT molecular complexity index is 1770. The minimum absolute atomic E-state index is 0. The van der Waals surface area contributed by atoms with Crippen LogP contribution in [0.3, 0.4) is 0 Å². The minimum atomic E-state index is -1.08. The zero-order valence-corrected chi connectivity index (χ0v) is 24.2. The van der Waals surface area contributed by atoms with Crippen LogP contribution in [-0.4, -0.2) is 35.9 Å². The molecule has 0 aliphatic heterocycles. The third-order valence-corrected chi connectivity index (χ3v) is 5.13. The van der Waals surface area contributed by atoms with E-state index in [1.807, 2.05) is 0 Å². The summed E-state index contributed by atoms with van der Waals surface area (Å²) in [5, 5.41) is 12.5. The van der Waals surface area contributed by atoms with Crippen LogP contribution in [0.15, 0.2) is 72.1 Å². The second kappa shape index (κ2) is 15.3. The molecule has 15 heteroatoms. The predicted octanol–water partition coefficient (Wildman–Crippen LogP) is 4.46. The van der Waals surface area contributed by atoms with Crippen LogP contribution in [-0.2, 0) is 27.4 Å². The molecule has 43 heavy (non-hydrogen) atoms. The number of carboxylic acids is 1. The van der Waals surface area contributed by atoms with E-state index in [-0.39, 0.29) is 48.7 Å². The molecule has 0 bridgehead atoms. The Morgan fingerprint density at radius 1 is 0.907 bits per heavy atom. The molecule has 0 atom stereocenters. The molecular weight excluding hydrogens is 588 g/mol. The van der Waals surface area contributed by atoms with Crippen molar-refractivity contribution in [1.29, 1.82) is 0 Å². The van der Waals surface area contributed by atoms with Gasteiger partial charge in [-0.25, -0.2) is 9.59 Å². The Labute approximate surface area is 250 Å². The normalized spacial score (nSPS) is 10.5. The summed E-state index contributed by atoms with van der Waals surface area (Å²) in [6, 6.07) is 11.7. The zero-order valence-electron chi connectivity index (χ0n) is 23.4. The van der Waals surface area contributed by atoms with Crippen molar-refractivity contribution in [2.24, 2.45) is 10.8 Å². The molecule has 4 aromatic rings. The number of nitrogens with two attached hydrogens (primary N) is 1. The highest BCUT2D eigenvalue weighted by atomic mass is 35.5. The highest BCUT2D eigenvalue weighted by molar-refractivity contribution is 5.85. The molecule has 2 aromatic carbocycles. The maximum atomic E-state index is 12.1. The zero-order chi connectivity index (χ0) is 30.9. The molecule has 3 N–H and O–H groups in total. The van der Waals surface area contributed by atoms with Gasteiger partial charge in [0.15, 0.2) is 24.1 Å². The Hall–Kier alpha value is -5.04. The van der Waals surface area contributed by atoms with Gasteiger partial charge in [-0.1, -0.05) is 5.11 Å². The molecule has 0 aliphatic carbocycles. The fourth-order valence-corrected chi connectivity index (χ4v) is 3.49. The van der Waals surface area contributed by atoms with Gasteiger partial charge in [0, 0.05) is 17.0 Å². The van der Waals surface area contributed by atoms with E-state index in [1.165, 1.54) is 30.3 Å². The molecule has 2 heterocycles. The van der Waals surface area contributed by atoms with Crippen LogP contribution in [0.25, 0.3) is 32.4 Å². The van der Waals surface area contributed by atoms with Gasteiger partial charge in [0.25, 0.3) is 0 Å². The molecule has 228 valence electrons. The van der Waals surface area contributed by atoms with E-state index in [0.717, 1.165) is 0 Å². The number of hydrogen-bond acceptors (Lipinski definition) is 11. The van der Waals surface area contributed by atoms with Crippen molar-refractivity contribution in [3.05, 3.63) is 90.9 Å². The van der Waals surface area contributed by atoms with Gasteiger partial charge in [-0.2, -0.15) is 0 Å². The lowest BCUT2D eigenvalue weighted by atomic mass is 10.2. The monoisotopic (exact) mass is 616 g/mol. The topological polar surface area (TPSA) is 217 Å². The van der Waals surface area contributed by atoms with E-state index in [2.05, 4.69) is 10.0 Å². The first-order chi connectivity index (χ1) is 19.9. The summed E-state index contributed by atoms with van der Waals surface area (Å²) in [6.07, 6.45) is 0. The molecule has 14 nitrogen and oxygen atoms in total. The number of nitrogens with zero attached hydrogens (tertiary/aromatic N) is 3. The van der Waals surface area contributed by atoms with Crippen molar-refractivity contribution in [3.8, 4) is 11.5 Å². The molecule has 0 radical (unpaired) electrons. The average molecular weight is 617 g/mol. The predicted molar refractivity (Wildman–Crippen MR) is 157 cm³/mol. The van der Waals surface area contributed by atoms with Crippen LogP contribution in [0.5, 0.6) is 11.5 Å². The SMILES string of the molecule is CC(C)(C)OC(=O)COc1ccc2oc(CN=[N+]=[N-])cc(=O)c2c1.Cl.NCc1cc(=O)c2cc(OCC(=O)O)ccc2o1. The maximum Gasteiger partial charge on any atom is 0.344 e. The van der Waals surface area contributed by atoms with Crippen LogP contribution >= 0.6 is 12.4 Å². The third kappa shape index (κ3) is 10.4. The Balaban J connectivity index is 0.000000304. The van der Waals surface area contributed by atoms with Gasteiger partial charge in [0.05, 0.1) is 23.9 Å². The lowest BCUT2D eigenvalue weighted by molar-refractivity contribution is -0.157. The summed E-state index contributed by atoms with van der Waals surface area (Å²) in [5.74, 6) is -0.263. The summed E-state index contributed by atoms with van der Waals surface area (Å²) in [7, 11) is 0. The fourth-order valence-electron chi connectivity index (χ4n) is 3.49. The van der Waals surface area contributed by atoms with Gasteiger partial charge in [-0.3, -0.25) is 9.59 Å². The molecular formula is C28H29ClN4O10. The summed E-state index contributed by atoms with van der Waals surface area (Å²) < 4.78 is 26.3. The van der Waals surface area contributed by atoms with E-state index >= 15 is 0 Å². The number of aliphatic carboxylic acids is 1. The number of fused-ring (bicyclic) bond motifs is 2. The number of halogens is 1. The van der Waals surface area contributed by atoms with E-state index in [4.69, 9.17) is 39.4 Å². The highest BCUT2D eigenvalue weighted by Gasteiger charge is 2.17. The van der Waals surface area contributed by atoms with E-state index in [0.29, 0.717) is 39.2 Å².